The second-order valence-corrected chi connectivity index (χ2v) is 4.99. The van der Waals surface area contributed by atoms with Crippen molar-refractivity contribution in [3.63, 3.8) is 0 Å². The van der Waals surface area contributed by atoms with Gasteiger partial charge in [0.05, 0.1) is 5.56 Å². The number of hydrogen-bond acceptors (Lipinski definition) is 2. The van der Waals surface area contributed by atoms with E-state index in [9.17, 15) is 13.2 Å². The van der Waals surface area contributed by atoms with Crippen LogP contribution in [0.5, 0.6) is 5.75 Å². The van der Waals surface area contributed by atoms with Crippen LogP contribution < -0.4 is 10.5 Å². The molecule has 6 heteroatoms. The lowest BCUT2D eigenvalue weighted by Crippen LogP contribution is -2.08. The van der Waals surface area contributed by atoms with Crippen molar-refractivity contribution >= 4 is 21.6 Å². The molecule has 0 aliphatic carbocycles. The summed E-state index contributed by atoms with van der Waals surface area (Å²) in [7, 11) is 0. The monoisotopic (exact) mass is 345 g/mol. The van der Waals surface area contributed by atoms with Crippen molar-refractivity contribution in [3.8, 4) is 5.75 Å². The first kappa shape index (κ1) is 14.7. The summed E-state index contributed by atoms with van der Waals surface area (Å²) in [5, 5.41) is 0. The van der Waals surface area contributed by atoms with Crippen molar-refractivity contribution in [2.75, 3.05) is 5.73 Å². The summed E-state index contributed by atoms with van der Waals surface area (Å²) in [6.07, 6.45) is -4.44. The van der Waals surface area contributed by atoms with Crippen LogP contribution in [0.25, 0.3) is 0 Å². The van der Waals surface area contributed by atoms with Gasteiger partial charge in [-0.25, -0.2) is 0 Å². The molecule has 0 radical (unpaired) electrons. The number of benzene rings is 2. The maximum Gasteiger partial charge on any atom is 0.419 e. The lowest BCUT2D eigenvalue weighted by atomic mass is 10.2. The number of ether oxygens (including phenoxy) is 1. The number of halogens is 4. The molecule has 2 rings (SSSR count). The second kappa shape index (κ2) is 5.75. The van der Waals surface area contributed by atoms with Gasteiger partial charge in [-0.2, -0.15) is 13.2 Å². The van der Waals surface area contributed by atoms with Crippen LogP contribution in [0, 0.1) is 0 Å². The van der Waals surface area contributed by atoms with Crippen LogP contribution in [0.4, 0.5) is 18.9 Å². The average Bonchev–Trinajstić information content (AvgIpc) is 2.39. The highest BCUT2D eigenvalue weighted by Gasteiger charge is 2.33. The number of nitrogen functional groups attached to an aromatic ring is 1. The predicted molar refractivity (Wildman–Crippen MR) is 74.3 cm³/mol. The summed E-state index contributed by atoms with van der Waals surface area (Å²) in [5.74, 6) is -0.193. The number of nitrogens with two attached hydrogens (primary N) is 1. The summed E-state index contributed by atoms with van der Waals surface area (Å²) in [4.78, 5) is 0. The first-order chi connectivity index (χ1) is 9.38. The van der Waals surface area contributed by atoms with Crippen LogP contribution in [0.2, 0.25) is 0 Å². The maximum absolute atomic E-state index is 12.8. The van der Waals surface area contributed by atoms with E-state index < -0.39 is 11.7 Å². The fraction of sp³-hybridized carbons (Fsp3) is 0.143. The molecule has 0 aliphatic heterocycles. The Morgan fingerprint density at radius 3 is 2.45 bits per heavy atom. The van der Waals surface area contributed by atoms with E-state index in [1.807, 2.05) is 0 Å². The first-order valence-corrected chi connectivity index (χ1v) is 6.50. The average molecular weight is 346 g/mol. The van der Waals surface area contributed by atoms with E-state index in [4.69, 9.17) is 10.5 Å². The molecule has 0 saturated carbocycles. The third-order valence-corrected chi connectivity index (χ3v) is 3.37. The van der Waals surface area contributed by atoms with Gasteiger partial charge in [-0.05, 0) is 45.8 Å². The Balaban J connectivity index is 2.17. The Morgan fingerprint density at radius 1 is 1.10 bits per heavy atom. The molecule has 20 heavy (non-hydrogen) atoms. The minimum atomic E-state index is -4.44. The van der Waals surface area contributed by atoms with Gasteiger partial charge < -0.3 is 10.5 Å². The summed E-state index contributed by atoms with van der Waals surface area (Å²) in [6.45, 7) is 0.0184. The summed E-state index contributed by atoms with van der Waals surface area (Å²) < 4.78 is 44.3. The summed E-state index contributed by atoms with van der Waals surface area (Å²) >= 11 is 3.25. The highest BCUT2D eigenvalue weighted by Crippen LogP contribution is 2.36. The van der Waals surface area contributed by atoms with E-state index in [0.717, 1.165) is 10.5 Å². The summed E-state index contributed by atoms with van der Waals surface area (Å²) in [5.41, 5.74) is 6.13. The van der Waals surface area contributed by atoms with Gasteiger partial charge in [-0.1, -0.05) is 18.2 Å². The van der Waals surface area contributed by atoms with Gasteiger partial charge >= 0.3 is 6.18 Å². The molecule has 2 nitrogen and oxygen atoms in total. The number of anilines is 1. The van der Waals surface area contributed by atoms with Crippen molar-refractivity contribution in [2.45, 2.75) is 12.8 Å². The standard InChI is InChI=1S/C14H11BrF3NO/c15-11-6-5-9(7-12(11)19)8-20-13-4-2-1-3-10(13)14(16,17)18/h1-7H,8,19H2. The Morgan fingerprint density at radius 2 is 1.80 bits per heavy atom. The van der Waals surface area contributed by atoms with Crippen LogP contribution in [0.3, 0.4) is 0 Å². The van der Waals surface area contributed by atoms with Gasteiger partial charge in [0.25, 0.3) is 0 Å². The molecule has 0 spiro atoms. The van der Waals surface area contributed by atoms with Crippen LogP contribution >= 0.6 is 15.9 Å². The molecule has 0 amide bonds. The quantitative estimate of drug-likeness (QED) is 0.823. The van der Waals surface area contributed by atoms with Crippen LogP contribution in [-0.4, -0.2) is 0 Å². The van der Waals surface area contributed by atoms with E-state index in [1.54, 1.807) is 18.2 Å². The topological polar surface area (TPSA) is 35.2 Å². The number of alkyl halides is 3. The Bertz CT molecular complexity index is 614. The molecule has 0 aromatic heterocycles. The molecule has 0 unspecified atom stereocenters. The smallest absolute Gasteiger partial charge is 0.419 e. The van der Waals surface area contributed by atoms with E-state index in [1.165, 1.54) is 18.2 Å². The third kappa shape index (κ3) is 3.45. The zero-order chi connectivity index (χ0) is 14.8. The van der Waals surface area contributed by atoms with Gasteiger partial charge in [0, 0.05) is 10.2 Å². The molecule has 0 fully saturated rings. The second-order valence-electron chi connectivity index (χ2n) is 4.14. The van der Waals surface area contributed by atoms with Crippen LogP contribution in [0.15, 0.2) is 46.9 Å². The first-order valence-electron chi connectivity index (χ1n) is 5.71. The van der Waals surface area contributed by atoms with Gasteiger partial charge in [-0.15, -0.1) is 0 Å². The molecule has 0 saturated heterocycles. The molecule has 106 valence electrons. The van der Waals surface area contributed by atoms with Gasteiger partial charge in [-0.3, -0.25) is 0 Å². The lowest BCUT2D eigenvalue weighted by Gasteiger charge is -2.14. The van der Waals surface area contributed by atoms with Crippen molar-refractivity contribution in [3.05, 3.63) is 58.1 Å². The van der Waals surface area contributed by atoms with E-state index in [2.05, 4.69) is 15.9 Å². The van der Waals surface area contributed by atoms with Crippen LogP contribution in [0.1, 0.15) is 11.1 Å². The Labute approximate surface area is 122 Å². The number of hydrogen-bond donors (Lipinski definition) is 1. The molecule has 2 N–H and O–H groups in total. The van der Waals surface area contributed by atoms with Gasteiger partial charge in [0.1, 0.15) is 12.4 Å². The van der Waals surface area contributed by atoms with Crippen molar-refractivity contribution < 1.29 is 17.9 Å². The maximum atomic E-state index is 12.8. The van der Waals surface area contributed by atoms with Crippen molar-refractivity contribution in [1.82, 2.24) is 0 Å². The molecular formula is C14H11BrF3NO. The minimum Gasteiger partial charge on any atom is -0.488 e. The number of para-hydroxylation sites is 1. The number of rotatable bonds is 3. The predicted octanol–water partition coefficient (Wildman–Crippen LogP) is 4.63. The molecule has 2 aromatic rings. The van der Waals surface area contributed by atoms with Crippen LogP contribution in [-0.2, 0) is 12.8 Å². The molecule has 0 heterocycles. The van der Waals surface area contributed by atoms with Crippen molar-refractivity contribution in [2.24, 2.45) is 0 Å². The zero-order valence-corrected chi connectivity index (χ0v) is 11.8. The molecular weight excluding hydrogens is 335 g/mol. The van der Waals surface area contributed by atoms with E-state index >= 15 is 0 Å². The SMILES string of the molecule is Nc1cc(COc2ccccc2C(F)(F)F)ccc1Br. The van der Waals surface area contributed by atoms with Gasteiger partial charge in [0.2, 0.25) is 0 Å². The Kier molecular flexibility index (Phi) is 4.23. The fourth-order valence-electron chi connectivity index (χ4n) is 1.67. The van der Waals surface area contributed by atoms with E-state index in [0.29, 0.717) is 11.3 Å². The molecule has 2 aromatic carbocycles. The van der Waals surface area contributed by atoms with E-state index in [-0.39, 0.29) is 12.4 Å². The highest BCUT2D eigenvalue weighted by molar-refractivity contribution is 9.10. The summed E-state index contributed by atoms with van der Waals surface area (Å²) in [6, 6.07) is 10.2. The molecule has 0 bridgehead atoms. The normalized spacial score (nSPS) is 11.4. The zero-order valence-electron chi connectivity index (χ0n) is 10.2. The molecule has 0 aliphatic rings. The van der Waals surface area contributed by atoms with Crippen molar-refractivity contribution in [1.29, 1.82) is 0 Å². The van der Waals surface area contributed by atoms with Gasteiger partial charge in [0.15, 0.2) is 0 Å². The largest absolute Gasteiger partial charge is 0.488 e. The highest BCUT2D eigenvalue weighted by atomic mass is 79.9. The Hall–Kier alpha value is -1.69. The minimum absolute atomic E-state index is 0.0184. The lowest BCUT2D eigenvalue weighted by molar-refractivity contribution is -0.139. The molecule has 0 atom stereocenters. The fourth-order valence-corrected chi connectivity index (χ4v) is 1.92. The third-order valence-electron chi connectivity index (χ3n) is 2.65.